The zero-order valence-corrected chi connectivity index (χ0v) is 80.8. The van der Waals surface area contributed by atoms with Gasteiger partial charge in [-0.2, -0.15) is 39.1 Å². The van der Waals surface area contributed by atoms with Crippen LogP contribution in [0.4, 0.5) is 0 Å². The number of carboxylic acids is 2. The molecule has 2 N–H and O–H groups in total. The van der Waals surface area contributed by atoms with Gasteiger partial charge in [0.25, 0.3) is 0 Å². The number of rotatable bonds is 20. The van der Waals surface area contributed by atoms with Gasteiger partial charge in [-0.3, -0.25) is 19.5 Å². The molecule has 0 radical (unpaired) electrons. The van der Waals surface area contributed by atoms with Crippen molar-refractivity contribution in [3.63, 3.8) is 0 Å². The molecule has 24 nitrogen and oxygen atoms in total. The highest BCUT2D eigenvalue weighted by atomic mass is 17.3. The van der Waals surface area contributed by atoms with Crippen molar-refractivity contribution in [3.05, 3.63) is 119 Å². The van der Waals surface area contributed by atoms with E-state index < -0.39 is 58.2 Å². The second-order valence-corrected chi connectivity index (χ2v) is 47.9. The molecule has 24 heteroatoms. The molecule has 8 spiro atoms. The molecule has 27 fully saturated rings. The van der Waals surface area contributed by atoms with E-state index in [-0.39, 0.29) is 12.5 Å². The third kappa shape index (κ3) is 18.7. The van der Waals surface area contributed by atoms with Gasteiger partial charge in [0.15, 0.2) is 6.61 Å². The zero-order chi connectivity index (χ0) is 91.4. The third-order valence-corrected chi connectivity index (χ3v) is 39.5. The monoisotopic (exact) mass is 1880 g/mol. The molecule has 0 atom stereocenters. The summed E-state index contributed by atoms with van der Waals surface area (Å²) in [6.45, 7) is 14.8. The molecule has 7 saturated heterocycles. The van der Waals surface area contributed by atoms with E-state index in [1.807, 2.05) is 24.3 Å². The Bertz CT molecular complexity index is 4590. The molecular weight excluding hydrogens is 1720 g/mol. The first-order valence-electron chi connectivity index (χ1n) is 54.7. The normalized spacial score (nSPS) is 43.1. The predicted molar refractivity (Wildman–Crippen MR) is 502 cm³/mol. The Morgan fingerprint density at radius 3 is 0.779 bits per heavy atom. The van der Waals surface area contributed by atoms with E-state index >= 15 is 0 Å². The van der Waals surface area contributed by atoms with Crippen LogP contribution in [-0.4, -0.2) is 182 Å². The Balaban J connectivity index is 0.0000000994. The number of benzene rings is 4. The van der Waals surface area contributed by atoms with Crippen molar-refractivity contribution in [2.24, 2.45) is 107 Å². The average Bonchev–Trinajstić information content (AvgIpc) is 1.56. The fraction of sp³-hybridized carbons (Fsp3) is 0.768. The van der Waals surface area contributed by atoms with Crippen LogP contribution in [0.2, 0.25) is 0 Å². The summed E-state index contributed by atoms with van der Waals surface area (Å²) in [4.78, 5) is 78.1. The second-order valence-electron chi connectivity index (χ2n) is 47.9. The third-order valence-electron chi connectivity index (χ3n) is 39.5. The van der Waals surface area contributed by atoms with E-state index in [1.165, 1.54) is 177 Å². The van der Waals surface area contributed by atoms with Gasteiger partial charge < -0.3 is 52.8 Å². The average molecular weight is 1880 g/mol. The summed E-state index contributed by atoms with van der Waals surface area (Å²) in [5.41, 5.74) is 5.44. The largest absolute Gasteiger partial charge is 0.492 e. The Labute approximate surface area is 804 Å². The van der Waals surface area contributed by atoms with Gasteiger partial charge in [-0.05, 0) is 379 Å². The van der Waals surface area contributed by atoms with Gasteiger partial charge in [0.1, 0.15) is 42.8 Å². The minimum Gasteiger partial charge on any atom is -0.492 e. The number of carbonyl (C=O) groups is 2. The van der Waals surface area contributed by atoms with Gasteiger partial charge in [-0.25, -0.2) is 4.79 Å². The van der Waals surface area contributed by atoms with Crippen molar-refractivity contribution < 1.29 is 102 Å². The first-order valence-corrected chi connectivity index (χ1v) is 54.7. The molecule has 742 valence electrons. The van der Waals surface area contributed by atoms with E-state index in [1.54, 1.807) is 0 Å². The maximum Gasteiger partial charge on any atom is 0.341 e. The molecule has 31 rings (SSSR count). The molecule has 0 unspecified atom stereocenters. The lowest BCUT2D eigenvalue weighted by atomic mass is 9.53. The van der Waals surface area contributed by atoms with Gasteiger partial charge in [-0.1, -0.05) is 55.5 Å². The molecule has 20 aliphatic carbocycles. The molecule has 4 aromatic carbocycles. The van der Waals surface area contributed by atoms with Gasteiger partial charge in [0.2, 0.25) is 46.3 Å². The summed E-state index contributed by atoms with van der Waals surface area (Å²) in [7, 11) is 0. The van der Waals surface area contributed by atoms with Crippen molar-refractivity contribution in [1.82, 2.24) is 14.7 Å². The molecule has 0 aromatic heterocycles. The maximum atomic E-state index is 11.1. The van der Waals surface area contributed by atoms with Gasteiger partial charge >= 0.3 is 11.9 Å². The lowest BCUT2D eigenvalue weighted by Crippen LogP contribution is -2.59. The number of ether oxygens (including phenoxy) is 9. The molecular formula is C112H153N3O21. The van der Waals surface area contributed by atoms with Crippen LogP contribution in [0.1, 0.15) is 310 Å². The van der Waals surface area contributed by atoms with Crippen molar-refractivity contribution in [2.75, 3.05) is 98.5 Å². The Hall–Kier alpha value is -5.62. The molecule has 20 saturated carbocycles. The van der Waals surface area contributed by atoms with Crippen LogP contribution in [0.15, 0.2) is 97.1 Å². The van der Waals surface area contributed by atoms with Crippen LogP contribution in [-0.2, 0) is 72.4 Å². The van der Waals surface area contributed by atoms with Crippen molar-refractivity contribution >= 4 is 11.9 Å². The van der Waals surface area contributed by atoms with Gasteiger partial charge in [0.05, 0.1) is 19.1 Å². The number of morpholine rings is 1. The van der Waals surface area contributed by atoms with Crippen LogP contribution < -0.4 is 18.9 Å². The Kier molecular flexibility index (Phi) is 26.3. The van der Waals surface area contributed by atoms with E-state index in [9.17, 15) is 9.59 Å². The topological polar surface area (TPSA) is 241 Å². The smallest absolute Gasteiger partial charge is 0.341 e. The Morgan fingerprint density at radius 2 is 0.537 bits per heavy atom. The van der Waals surface area contributed by atoms with Crippen LogP contribution in [0, 0.1) is 107 Å². The first kappa shape index (κ1) is 92.8. The molecule has 7 aliphatic heterocycles. The molecule has 27 aliphatic rings. The number of carboxylic acid groups (broad SMARTS) is 2. The van der Waals surface area contributed by atoms with Gasteiger partial charge in [0, 0.05) is 131 Å². The minimum atomic E-state index is -0.965. The number of hydrogen-bond acceptors (Lipinski definition) is 22. The minimum absolute atomic E-state index is 0.183. The molecule has 7 heterocycles. The fourth-order valence-electron chi connectivity index (χ4n) is 32.6. The van der Waals surface area contributed by atoms with Crippen molar-refractivity contribution in [3.8, 4) is 23.0 Å². The van der Waals surface area contributed by atoms with Crippen LogP contribution in [0.5, 0.6) is 23.0 Å². The molecule has 0 amide bonds. The number of piperidine rings is 2. The highest BCUT2D eigenvalue weighted by Gasteiger charge is 2.72. The summed E-state index contributed by atoms with van der Waals surface area (Å²) < 4.78 is 56.1. The fourth-order valence-corrected chi connectivity index (χ4v) is 32.6. The van der Waals surface area contributed by atoms with Crippen molar-refractivity contribution in [1.29, 1.82) is 0 Å². The second kappa shape index (κ2) is 38.5. The summed E-state index contributed by atoms with van der Waals surface area (Å²) >= 11 is 0. The lowest BCUT2D eigenvalue weighted by Gasteiger charge is -2.57. The van der Waals surface area contributed by atoms with E-state index in [0.717, 1.165) is 258 Å². The standard InChI is InChI=1S/C30H41NO6.C30H43NO4.C28H39NO5.C24H30O6/c32-28(33)24-7-11-31(12-8-24)13-14-34-27-3-1-22(2-4-27)23-5-9-29(10-6-23)35-30(37-36-29)25-16-20-15-21(18-25)19-26(30)17-20;1-21-8-12-31(13-9-21)14-15-32-28-4-2-24(3-5-28)25-6-10-29(11-7-25)33-30(35-34-29)26-17-22-16-23(19-26)20-27(30)18-22;1-3-26(31-14-11-29-9-12-30-13-10-29)4-2-22(1)23-5-7-27(8-6-23)32-28(34-33-27)24-16-20-15-21(18-24)19-25(28)17-20;25-22(26)14-27-21-3-1-17(2-4-21)18-5-7-23(8-6-18)28-24(30-29-23)19-10-15-9-16(12-19)13-20(24)11-15/h1-4,20-21,23-26H,5-19H2,(H,32,33);2-5,21-23,25-27H,6-20H2,1H3;1-4,20-21,23-25H,5-19H2;1-4,15-16,18-20H,5-14H2,(H,25,26). The summed E-state index contributed by atoms with van der Waals surface area (Å²) in [6, 6.07) is 34.0. The van der Waals surface area contributed by atoms with E-state index in [0.29, 0.717) is 83.4 Å². The van der Waals surface area contributed by atoms with Crippen LogP contribution in [0.25, 0.3) is 0 Å². The SMILES string of the molecule is CC1CCN(CCOc2ccc(C3CCC4(CC3)OOC3(O4)C4CC5CC(C4)CC3C5)cc2)CC1.O=C(O)C1CCN(CCOc2ccc(C3CCC4(CC3)OOC3(O4)C4CC5CC(C4)CC3C5)cc2)CC1.O=C(O)COc1ccc(C2CCC3(CC2)OOC2(O3)C3CC4CC(C3)CC2C4)cc1.c1cc(C2CCC3(CC2)OOC2(O3)C3CC4CC(C3)CC2C4)ccc1OCCN1CCOCC1. The van der Waals surface area contributed by atoms with Crippen molar-refractivity contribution in [2.45, 2.75) is 334 Å². The number of aliphatic carboxylic acids is 2. The van der Waals surface area contributed by atoms with E-state index in [2.05, 4.69) is 94.4 Å². The summed E-state index contributed by atoms with van der Waals surface area (Å²) in [6.07, 6.45) is 45.6. The van der Waals surface area contributed by atoms with Crippen LogP contribution >= 0.6 is 0 Å². The first-order chi connectivity index (χ1) is 66.3. The number of hydrogen-bond donors (Lipinski definition) is 2. The molecule has 136 heavy (non-hydrogen) atoms. The maximum absolute atomic E-state index is 11.1. The highest BCUT2D eigenvalue weighted by Crippen LogP contribution is 2.70. The summed E-state index contributed by atoms with van der Waals surface area (Å²) in [5, 5.41) is 17.9. The van der Waals surface area contributed by atoms with E-state index in [4.69, 9.17) is 91.9 Å². The zero-order valence-electron chi connectivity index (χ0n) is 80.8. The highest BCUT2D eigenvalue weighted by molar-refractivity contribution is 5.70. The quantitative estimate of drug-likeness (QED) is 0.0781. The number of likely N-dealkylation sites (tertiary alicyclic amines) is 2. The predicted octanol–water partition coefficient (Wildman–Crippen LogP) is 21.1. The van der Waals surface area contributed by atoms with Crippen LogP contribution in [0.3, 0.4) is 0 Å². The van der Waals surface area contributed by atoms with Gasteiger partial charge in [-0.15, -0.1) is 0 Å². The lowest BCUT2D eigenvalue weighted by molar-refractivity contribution is -0.390. The number of nitrogens with zero attached hydrogens (tertiary/aromatic N) is 3. The summed E-state index contributed by atoms with van der Waals surface area (Å²) in [5.74, 6) is 12.0. The Morgan fingerprint density at radius 1 is 0.301 bits per heavy atom. The molecule has 16 bridgehead atoms. The molecule has 4 aromatic rings.